The first-order valence-corrected chi connectivity index (χ1v) is 10.2. The Bertz CT molecular complexity index is 1060. The molecule has 8 heteroatoms. The summed E-state index contributed by atoms with van der Waals surface area (Å²) >= 11 is 1.45. The fraction of sp³-hybridized carbons (Fsp3) is 0.474. The number of thiophene rings is 1. The summed E-state index contributed by atoms with van der Waals surface area (Å²) in [6.45, 7) is 2.31. The molecule has 5 rings (SSSR count). The fourth-order valence-corrected chi connectivity index (χ4v) is 4.80. The maximum Gasteiger partial charge on any atom is 0.272 e. The third-order valence-electron chi connectivity index (χ3n) is 5.50. The van der Waals surface area contributed by atoms with Gasteiger partial charge in [0.15, 0.2) is 0 Å². The minimum absolute atomic E-state index is 0.0260. The quantitative estimate of drug-likeness (QED) is 0.688. The maximum atomic E-state index is 12.5. The number of anilines is 1. The van der Waals surface area contributed by atoms with Gasteiger partial charge in [0, 0.05) is 32.1 Å². The van der Waals surface area contributed by atoms with Crippen molar-refractivity contribution in [2.75, 3.05) is 24.6 Å². The lowest BCUT2D eigenvalue weighted by Gasteiger charge is -2.20. The molecule has 0 amide bonds. The topological polar surface area (TPSA) is 73.1 Å². The zero-order chi connectivity index (χ0) is 18.4. The van der Waals surface area contributed by atoms with Gasteiger partial charge in [-0.05, 0) is 42.7 Å². The maximum absolute atomic E-state index is 12.5. The van der Waals surface area contributed by atoms with Gasteiger partial charge in [-0.2, -0.15) is 5.10 Å². The molecule has 2 aliphatic rings. The molecule has 1 atom stereocenters. The molecule has 3 aromatic rings. The highest BCUT2D eigenvalue weighted by molar-refractivity contribution is 7.17. The summed E-state index contributed by atoms with van der Waals surface area (Å²) in [6, 6.07) is 3.95. The molecule has 1 unspecified atom stereocenters. The minimum atomic E-state index is 0.0260. The second kappa shape index (κ2) is 6.60. The molecule has 0 spiro atoms. The lowest BCUT2D eigenvalue weighted by Crippen LogP contribution is -2.30. The van der Waals surface area contributed by atoms with E-state index in [1.807, 2.05) is 17.5 Å². The number of ether oxygens (including phenoxy) is 1. The van der Waals surface area contributed by atoms with E-state index in [4.69, 9.17) is 9.72 Å². The van der Waals surface area contributed by atoms with Crippen molar-refractivity contribution in [2.45, 2.75) is 25.7 Å². The van der Waals surface area contributed by atoms with Gasteiger partial charge >= 0.3 is 0 Å². The number of hydrogen-bond donors (Lipinski definition) is 0. The molecule has 27 heavy (non-hydrogen) atoms. The first kappa shape index (κ1) is 16.7. The van der Waals surface area contributed by atoms with Crippen LogP contribution in [0.3, 0.4) is 0 Å². The Labute approximate surface area is 160 Å². The van der Waals surface area contributed by atoms with E-state index in [2.05, 4.69) is 15.1 Å². The van der Waals surface area contributed by atoms with Gasteiger partial charge in [-0.1, -0.05) is 0 Å². The average molecular weight is 383 g/mol. The predicted molar refractivity (Wildman–Crippen MR) is 105 cm³/mol. The van der Waals surface area contributed by atoms with Gasteiger partial charge in [-0.3, -0.25) is 9.36 Å². The summed E-state index contributed by atoms with van der Waals surface area (Å²) in [5.41, 5.74) is 3.20. The number of hydrogen-bond acceptors (Lipinski definition) is 7. The van der Waals surface area contributed by atoms with Crippen LogP contribution < -0.4 is 15.2 Å². The van der Waals surface area contributed by atoms with Crippen LogP contribution in [0.25, 0.3) is 10.2 Å². The van der Waals surface area contributed by atoms with Crippen molar-refractivity contribution in [3.8, 4) is 5.88 Å². The van der Waals surface area contributed by atoms with Gasteiger partial charge < -0.3 is 9.64 Å². The Morgan fingerprint density at radius 3 is 3.19 bits per heavy atom. The molecule has 140 valence electrons. The van der Waals surface area contributed by atoms with Gasteiger partial charge in [-0.15, -0.1) is 16.4 Å². The molecule has 1 aliphatic heterocycles. The lowest BCUT2D eigenvalue weighted by atomic mass is 10.1. The zero-order valence-electron chi connectivity index (χ0n) is 15.2. The molecule has 0 N–H and O–H groups in total. The van der Waals surface area contributed by atoms with E-state index in [1.165, 1.54) is 16.9 Å². The third-order valence-corrected chi connectivity index (χ3v) is 6.39. The Morgan fingerprint density at radius 2 is 2.26 bits per heavy atom. The highest BCUT2D eigenvalue weighted by Gasteiger charge is 2.27. The first-order valence-electron chi connectivity index (χ1n) is 9.36. The molecule has 4 heterocycles. The molecule has 0 radical (unpaired) electrons. The van der Waals surface area contributed by atoms with E-state index in [9.17, 15) is 4.79 Å². The Morgan fingerprint density at radius 1 is 1.33 bits per heavy atom. The van der Waals surface area contributed by atoms with E-state index >= 15 is 0 Å². The van der Waals surface area contributed by atoms with Crippen molar-refractivity contribution in [3.63, 3.8) is 0 Å². The smallest absolute Gasteiger partial charge is 0.272 e. The SMILES string of the molecule is Cn1c(N2CCC(COc3cc4c(nn3)CCC4)C2)nc2ccsc2c1=O. The van der Waals surface area contributed by atoms with Gasteiger partial charge in [0.25, 0.3) is 5.56 Å². The number of aromatic nitrogens is 4. The van der Waals surface area contributed by atoms with Crippen molar-refractivity contribution < 1.29 is 4.74 Å². The van der Waals surface area contributed by atoms with Crippen molar-refractivity contribution in [1.82, 2.24) is 19.7 Å². The summed E-state index contributed by atoms with van der Waals surface area (Å²) in [4.78, 5) is 19.4. The minimum Gasteiger partial charge on any atom is -0.476 e. The van der Waals surface area contributed by atoms with Gasteiger partial charge in [0.05, 0.1) is 17.8 Å². The summed E-state index contributed by atoms with van der Waals surface area (Å²) in [5, 5.41) is 10.4. The molecule has 0 saturated carbocycles. The molecule has 1 fully saturated rings. The van der Waals surface area contributed by atoms with Crippen LogP contribution in [0.5, 0.6) is 5.88 Å². The van der Waals surface area contributed by atoms with E-state index in [0.29, 0.717) is 18.4 Å². The summed E-state index contributed by atoms with van der Waals surface area (Å²) < 4.78 is 8.30. The van der Waals surface area contributed by atoms with Crippen LogP contribution in [0.2, 0.25) is 0 Å². The van der Waals surface area contributed by atoms with Crippen LogP contribution in [0.4, 0.5) is 5.95 Å². The van der Waals surface area contributed by atoms with Crippen LogP contribution in [0, 0.1) is 5.92 Å². The van der Waals surface area contributed by atoms with Crippen molar-refractivity contribution in [1.29, 1.82) is 0 Å². The van der Waals surface area contributed by atoms with Crippen LogP contribution in [-0.4, -0.2) is 39.4 Å². The fourth-order valence-electron chi connectivity index (χ4n) is 3.99. The summed E-state index contributed by atoms with van der Waals surface area (Å²) in [5.74, 6) is 1.75. The van der Waals surface area contributed by atoms with E-state index < -0.39 is 0 Å². The molecular formula is C19H21N5O2S. The highest BCUT2D eigenvalue weighted by Crippen LogP contribution is 2.26. The van der Waals surface area contributed by atoms with Crippen LogP contribution in [-0.2, 0) is 19.9 Å². The molecular weight excluding hydrogens is 362 g/mol. The Hall–Kier alpha value is -2.48. The van der Waals surface area contributed by atoms with Crippen molar-refractivity contribution in [3.05, 3.63) is 39.1 Å². The normalized spacial score (nSPS) is 19.0. The average Bonchev–Trinajstić information content (AvgIpc) is 3.42. The van der Waals surface area contributed by atoms with Crippen LogP contribution >= 0.6 is 11.3 Å². The molecule has 3 aromatic heterocycles. The van der Waals surface area contributed by atoms with Gasteiger partial charge in [-0.25, -0.2) is 4.98 Å². The number of aryl methyl sites for hydroxylation is 2. The molecule has 1 saturated heterocycles. The van der Waals surface area contributed by atoms with E-state index in [1.54, 1.807) is 11.6 Å². The highest BCUT2D eigenvalue weighted by atomic mass is 32.1. The van der Waals surface area contributed by atoms with E-state index in [0.717, 1.165) is 60.6 Å². The van der Waals surface area contributed by atoms with Crippen LogP contribution in [0.1, 0.15) is 24.1 Å². The molecule has 1 aliphatic carbocycles. The number of nitrogens with zero attached hydrogens (tertiary/aromatic N) is 5. The number of rotatable bonds is 4. The van der Waals surface area contributed by atoms with Crippen molar-refractivity contribution >= 4 is 27.5 Å². The second-order valence-corrected chi connectivity index (χ2v) is 8.25. The standard InChI is InChI=1S/C19H21N5O2S/c1-23-18(25)17-15(6-8-27-17)20-19(23)24-7-5-12(10-24)11-26-16-9-13-3-2-4-14(13)21-22-16/h6,8-9,12H,2-5,7,10-11H2,1H3. The lowest BCUT2D eigenvalue weighted by molar-refractivity contribution is 0.249. The van der Waals surface area contributed by atoms with E-state index in [-0.39, 0.29) is 5.56 Å². The van der Waals surface area contributed by atoms with Gasteiger partial charge in [0.2, 0.25) is 11.8 Å². The number of fused-ring (bicyclic) bond motifs is 2. The zero-order valence-corrected chi connectivity index (χ0v) is 16.0. The summed E-state index contributed by atoms with van der Waals surface area (Å²) in [7, 11) is 1.80. The molecule has 0 aromatic carbocycles. The monoisotopic (exact) mass is 383 g/mol. The Kier molecular flexibility index (Phi) is 4.07. The summed E-state index contributed by atoms with van der Waals surface area (Å²) in [6.07, 6.45) is 4.27. The Balaban J connectivity index is 1.28. The first-order chi connectivity index (χ1) is 13.2. The van der Waals surface area contributed by atoms with Crippen molar-refractivity contribution in [2.24, 2.45) is 13.0 Å². The largest absolute Gasteiger partial charge is 0.476 e. The van der Waals surface area contributed by atoms with Gasteiger partial charge in [0.1, 0.15) is 4.70 Å². The predicted octanol–water partition coefficient (Wildman–Crippen LogP) is 2.18. The molecule has 0 bridgehead atoms. The second-order valence-electron chi connectivity index (χ2n) is 7.33. The molecule has 7 nitrogen and oxygen atoms in total. The van der Waals surface area contributed by atoms with Crippen LogP contribution in [0.15, 0.2) is 22.3 Å². The third kappa shape index (κ3) is 2.97.